The van der Waals surface area contributed by atoms with Gasteiger partial charge in [0, 0.05) is 60.7 Å². The minimum atomic E-state index is -1.25. The van der Waals surface area contributed by atoms with Gasteiger partial charge in [-0.1, -0.05) is 38.5 Å². The molecule has 11 heteroatoms. The summed E-state index contributed by atoms with van der Waals surface area (Å²) in [4.78, 5) is 32.0. The number of rotatable bonds is 19. The van der Waals surface area contributed by atoms with E-state index < -0.39 is 16.8 Å². The predicted octanol–water partition coefficient (Wildman–Crippen LogP) is 7.81. The first-order valence-electron chi connectivity index (χ1n) is 18.1. The average molecular weight is 727 g/mol. The largest absolute Gasteiger partial charge is 0.491 e. The van der Waals surface area contributed by atoms with Gasteiger partial charge in [-0.25, -0.2) is 4.98 Å². The van der Waals surface area contributed by atoms with Crippen LogP contribution in [0.25, 0.3) is 17.2 Å². The number of nitrogens with one attached hydrogen (secondary N) is 1. The molecule has 276 valence electrons. The number of carbonyl (C=O) groups excluding carboxylic acids is 1. The molecule has 2 atom stereocenters. The summed E-state index contributed by atoms with van der Waals surface area (Å²) >= 11 is 0. The standard InChI is InChI=1S/C41H50N4O6S/c1-4-6-20-50-21-22-51-37-12-7-32(8-13-37)33-9-16-39(44-19-17-31(27-44)24-40(46)47)34(25-33)23-30(3)41(48)43-35-10-14-38(15-11-35)52(49)28-36-26-42-29-45(36)18-5-2/h7-16,23,25-26,29,31H,4-6,17-22,24,27-28H2,1-3H3,(H,43,48)(H,46,47)/b30-23+/t31?,52-/m0/s1. The molecule has 1 saturated heterocycles. The molecule has 2 heterocycles. The fourth-order valence-electron chi connectivity index (χ4n) is 6.26. The first kappa shape index (κ1) is 38.5. The highest BCUT2D eigenvalue weighted by atomic mass is 32.2. The Morgan fingerprint density at radius 3 is 2.50 bits per heavy atom. The minimum Gasteiger partial charge on any atom is -0.491 e. The maximum absolute atomic E-state index is 13.5. The molecule has 1 aromatic heterocycles. The van der Waals surface area contributed by atoms with Gasteiger partial charge in [-0.3, -0.25) is 13.8 Å². The zero-order valence-corrected chi connectivity index (χ0v) is 31.2. The predicted molar refractivity (Wildman–Crippen MR) is 207 cm³/mol. The molecule has 0 spiro atoms. The van der Waals surface area contributed by atoms with Crippen molar-refractivity contribution < 1.29 is 28.4 Å². The Labute approximate surface area is 309 Å². The number of imidazole rings is 1. The van der Waals surface area contributed by atoms with Gasteiger partial charge < -0.3 is 29.4 Å². The van der Waals surface area contributed by atoms with Crippen LogP contribution in [0.2, 0.25) is 0 Å². The summed E-state index contributed by atoms with van der Waals surface area (Å²) in [5.41, 5.74) is 5.87. The van der Waals surface area contributed by atoms with E-state index in [1.807, 2.05) is 34.9 Å². The summed E-state index contributed by atoms with van der Waals surface area (Å²) < 4.78 is 26.6. The molecule has 3 aromatic carbocycles. The van der Waals surface area contributed by atoms with E-state index in [1.165, 1.54) is 0 Å². The number of hydrogen-bond donors (Lipinski definition) is 2. The summed E-state index contributed by atoms with van der Waals surface area (Å²) in [7, 11) is -1.25. The number of amides is 1. The van der Waals surface area contributed by atoms with Crippen molar-refractivity contribution in [1.29, 1.82) is 0 Å². The number of benzene rings is 3. The highest BCUT2D eigenvalue weighted by Gasteiger charge is 2.26. The highest BCUT2D eigenvalue weighted by molar-refractivity contribution is 7.84. The van der Waals surface area contributed by atoms with E-state index in [0.717, 1.165) is 79.2 Å². The van der Waals surface area contributed by atoms with Crippen molar-refractivity contribution in [3.8, 4) is 16.9 Å². The van der Waals surface area contributed by atoms with Crippen molar-refractivity contribution in [3.05, 3.63) is 96.1 Å². The number of unbranched alkanes of at least 4 members (excludes halogenated alkanes) is 1. The molecule has 0 radical (unpaired) electrons. The third kappa shape index (κ3) is 10.9. The number of aromatic nitrogens is 2. The summed E-state index contributed by atoms with van der Waals surface area (Å²) in [6.07, 6.45) is 9.46. The second-order valence-corrected chi connectivity index (χ2v) is 14.6. The van der Waals surface area contributed by atoms with Crippen LogP contribution in [-0.2, 0) is 37.4 Å². The fourth-order valence-corrected chi connectivity index (χ4v) is 7.38. The van der Waals surface area contributed by atoms with Crippen molar-refractivity contribution in [2.75, 3.05) is 43.1 Å². The Hall–Kier alpha value is -4.74. The molecule has 1 aliphatic rings. The van der Waals surface area contributed by atoms with Gasteiger partial charge in [0.15, 0.2) is 0 Å². The summed E-state index contributed by atoms with van der Waals surface area (Å²) in [5, 5.41) is 12.4. The van der Waals surface area contributed by atoms with Gasteiger partial charge in [-0.05, 0) is 103 Å². The third-order valence-electron chi connectivity index (χ3n) is 9.09. The molecule has 0 aliphatic carbocycles. The van der Waals surface area contributed by atoms with Crippen molar-refractivity contribution in [3.63, 3.8) is 0 Å². The average Bonchev–Trinajstić information content (AvgIpc) is 3.79. The number of hydrogen-bond acceptors (Lipinski definition) is 7. The van der Waals surface area contributed by atoms with Crippen LogP contribution < -0.4 is 15.0 Å². The van der Waals surface area contributed by atoms with Gasteiger partial charge in [0.2, 0.25) is 0 Å². The lowest BCUT2D eigenvalue weighted by molar-refractivity contribution is -0.137. The van der Waals surface area contributed by atoms with Gasteiger partial charge in [0.1, 0.15) is 12.4 Å². The van der Waals surface area contributed by atoms with E-state index in [-0.39, 0.29) is 18.2 Å². The molecule has 1 fully saturated rings. The molecule has 1 unspecified atom stereocenters. The van der Waals surface area contributed by atoms with Crippen LogP contribution in [0.5, 0.6) is 5.75 Å². The van der Waals surface area contributed by atoms with E-state index in [9.17, 15) is 18.9 Å². The topological polar surface area (TPSA) is 123 Å². The van der Waals surface area contributed by atoms with E-state index in [4.69, 9.17) is 9.47 Å². The van der Waals surface area contributed by atoms with Crippen LogP contribution in [0.1, 0.15) is 64.1 Å². The number of anilines is 2. The Morgan fingerprint density at radius 2 is 1.77 bits per heavy atom. The zero-order valence-electron chi connectivity index (χ0n) is 30.4. The summed E-state index contributed by atoms with van der Waals surface area (Å²) in [6.45, 7) is 10.0. The maximum Gasteiger partial charge on any atom is 0.303 e. The molecule has 5 rings (SSSR count). The number of aliphatic carboxylic acids is 1. The smallest absolute Gasteiger partial charge is 0.303 e. The Morgan fingerprint density at radius 1 is 1.00 bits per heavy atom. The minimum absolute atomic E-state index is 0.0683. The fraction of sp³-hybridized carbons (Fsp3) is 0.390. The van der Waals surface area contributed by atoms with Gasteiger partial charge in [-0.15, -0.1) is 0 Å². The molecule has 52 heavy (non-hydrogen) atoms. The van der Waals surface area contributed by atoms with E-state index in [2.05, 4.69) is 47.2 Å². The van der Waals surface area contributed by atoms with Gasteiger partial charge >= 0.3 is 5.97 Å². The second kappa shape index (κ2) is 19.2. The van der Waals surface area contributed by atoms with Crippen molar-refractivity contribution in [1.82, 2.24) is 9.55 Å². The molecular formula is C41H50N4O6S. The van der Waals surface area contributed by atoms with Gasteiger partial charge in [-0.2, -0.15) is 0 Å². The molecule has 0 saturated carbocycles. The van der Waals surface area contributed by atoms with Crippen LogP contribution in [-0.4, -0.2) is 63.7 Å². The number of nitrogens with zero attached hydrogens (tertiary/aromatic N) is 3. The van der Waals surface area contributed by atoms with Crippen LogP contribution >= 0.6 is 0 Å². The Kier molecular flexibility index (Phi) is 14.2. The first-order chi connectivity index (χ1) is 25.2. The van der Waals surface area contributed by atoms with E-state index >= 15 is 0 Å². The Bertz CT molecular complexity index is 1840. The third-order valence-corrected chi connectivity index (χ3v) is 10.4. The number of carboxylic acids is 1. The number of carboxylic acid groups (broad SMARTS) is 1. The van der Waals surface area contributed by atoms with E-state index in [0.29, 0.717) is 41.7 Å². The van der Waals surface area contributed by atoms with Crippen LogP contribution in [0.4, 0.5) is 11.4 Å². The molecule has 0 bridgehead atoms. The number of ether oxygens (including phenoxy) is 2. The van der Waals surface area contributed by atoms with Crippen LogP contribution in [0, 0.1) is 5.92 Å². The van der Waals surface area contributed by atoms with Crippen molar-refractivity contribution >= 4 is 40.1 Å². The molecule has 4 aromatic rings. The zero-order chi connectivity index (χ0) is 36.9. The molecule has 1 amide bonds. The second-order valence-electron chi connectivity index (χ2n) is 13.2. The van der Waals surface area contributed by atoms with Crippen molar-refractivity contribution in [2.45, 2.75) is 70.1 Å². The summed E-state index contributed by atoms with van der Waals surface area (Å²) in [5.74, 6) is 0.172. The highest BCUT2D eigenvalue weighted by Crippen LogP contribution is 2.34. The Balaban J connectivity index is 1.29. The first-order valence-corrected chi connectivity index (χ1v) is 19.4. The van der Waals surface area contributed by atoms with Crippen LogP contribution in [0.3, 0.4) is 0 Å². The normalized spacial score (nSPS) is 15.1. The molecule has 10 nitrogen and oxygen atoms in total. The van der Waals surface area contributed by atoms with Gasteiger partial charge in [0.25, 0.3) is 5.91 Å². The monoisotopic (exact) mass is 726 g/mol. The summed E-state index contributed by atoms with van der Waals surface area (Å²) in [6, 6.07) is 21.2. The molecule has 1 aliphatic heterocycles. The SMILES string of the molecule is CCCCOCCOc1ccc(-c2ccc(N3CCC(CC(=O)O)C3)c(/C=C(\C)C(=O)Nc3ccc([S@@](=O)Cc4cncn4CCC)cc3)c2)cc1. The van der Waals surface area contributed by atoms with Crippen LogP contribution in [0.15, 0.2) is 89.7 Å². The molecule has 2 N–H and O–H groups in total. The van der Waals surface area contributed by atoms with Gasteiger partial charge in [0.05, 0.1) is 35.2 Å². The number of carbonyl (C=O) groups is 2. The maximum atomic E-state index is 13.5. The lowest BCUT2D eigenvalue weighted by Crippen LogP contribution is -2.21. The van der Waals surface area contributed by atoms with Crippen molar-refractivity contribution in [2.24, 2.45) is 5.92 Å². The lowest BCUT2D eigenvalue weighted by Gasteiger charge is -2.22. The van der Waals surface area contributed by atoms with E-state index in [1.54, 1.807) is 43.7 Å². The lowest BCUT2D eigenvalue weighted by atomic mass is 9.99. The quantitative estimate of drug-likeness (QED) is 0.0742. The molecular weight excluding hydrogens is 677 g/mol. The number of aryl methyl sites for hydroxylation is 1.